The minimum Gasteiger partial charge on any atom is -0.469 e. The zero-order chi connectivity index (χ0) is 18.2. The van der Waals surface area contributed by atoms with E-state index >= 15 is 0 Å². The van der Waals surface area contributed by atoms with Gasteiger partial charge in [-0.25, -0.2) is 9.97 Å². The minimum absolute atomic E-state index is 0.163. The molecule has 3 heterocycles. The highest BCUT2D eigenvalue weighted by molar-refractivity contribution is 6.61. The summed E-state index contributed by atoms with van der Waals surface area (Å²) >= 11 is 0. The van der Waals surface area contributed by atoms with E-state index < -0.39 is 7.12 Å². The lowest BCUT2D eigenvalue weighted by molar-refractivity contribution is -0.141. The van der Waals surface area contributed by atoms with Crippen LogP contribution >= 0.6 is 0 Å². The average Bonchev–Trinajstić information content (AvgIpc) is 3.10. The Labute approximate surface area is 149 Å². The van der Waals surface area contributed by atoms with E-state index in [0.29, 0.717) is 18.3 Å². The third-order valence-electron chi connectivity index (χ3n) is 5.44. The van der Waals surface area contributed by atoms with Crippen LogP contribution in [0.15, 0.2) is 12.4 Å². The molecular weight excluding hydrogens is 321 g/mol. The Kier molecular flexibility index (Phi) is 4.77. The fourth-order valence-corrected chi connectivity index (χ4v) is 3.10. The number of nitrogens with zero attached hydrogens (tertiary/aromatic N) is 3. The molecule has 136 valence electrons. The Balaban J connectivity index is 1.63. The SMILES string of the molecule is COC(=O)C[C@@H]1CCN(c2ncc(B3OC(C)(C)C(C)(C)O3)cn2)C1. The van der Waals surface area contributed by atoms with Gasteiger partial charge in [-0.1, -0.05) is 0 Å². The molecule has 2 aliphatic rings. The maximum absolute atomic E-state index is 11.4. The van der Waals surface area contributed by atoms with Gasteiger partial charge in [0, 0.05) is 30.9 Å². The largest absolute Gasteiger partial charge is 0.498 e. The van der Waals surface area contributed by atoms with Crippen molar-refractivity contribution in [3.8, 4) is 0 Å². The van der Waals surface area contributed by atoms with Crippen LogP contribution in [0.4, 0.5) is 5.95 Å². The van der Waals surface area contributed by atoms with Gasteiger partial charge in [-0.05, 0) is 40.0 Å². The van der Waals surface area contributed by atoms with Crippen molar-refractivity contribution in [1.82, 2.24) is 9.97 Å². The van der Waals surface area contributed by atoms with Crippen LogP contribution < -0.4 is 10.4 Å². The molecule has 8 heteroatoms. The van der Waals surface area contributed by atoms with Crippen LogP contribution in [0.3, 0.4) is 0 Å². The summed E-state index contributed by atoms with van der Waals surface area (Å²) < 4.78 is 16.8. The van der Waals surface area contributed by atoms with Crippen LogP contribution in [0.2, 0.25) is 0 Å². The number of hydrogen-bond acceptors (Lipinski definition) is 7. The molecular formula is C17H26BN3O4. The van der Waals surface area contributed by atoms with E-state index in [2.05, 4.69) is 14.9 Å². The number of methoxy groups -OCH3 is 1. The Bertz CT molecular complexity index is 619. The molecule has 25 heavy (non-hydrogen) atoms. The molecule has 7 nitrogen and oxygen atoms in total. The van der Waals surface area contributed by atoms with Gasteiger partial charge >= 0.3 is 13.1 Å². The van der Waals surface area contributed by atoms with Crippen LogP contribution in [0.5, 0.6) is 0 Å². The van der Waals surface area contributed by atoms with Gasteiger partial charge in [0.1, 0.15) is 0 Å². The van der Waals surface area contributed by atoms with Gasteiger partial charge in [0.2, 0.25) is 5.95 Å². The topological polar surface area (TPSA) is 73.8 Å². The number of hydrogen-bond donors (Lipinski definition) is 0. The third-order valence-corrected chi connectivity index (χ3v) is 5.44. The highest BCUT2D eigenvalue weighted by atomic mass is 16.7. The van der Waals surface area contributed by atoms with E-state index in [1.54, 1.807) is 12.4 Å². The van der Waals surface area contributed by atoms with Gasteiger partial charge < -0.3 is 18.9 Å². The molecule has 0 amide bonds. The van der Waals surface area contributed by atoms with Crippen LogP contribution in [0, 0.1) is 5.92 Å². The fourth-order valence-electron chi connectivity index (χ4n) is 3.10. The quantitative estimate of drug-likeness (QED) is 0.598. The van der Waals surface area contributed by atoms with E-state index in [4.69, 9.17) is 14.0 Å². The Morgan fingerprint density at radius 2 is 1.88 bits per heavy atom. The molecule has 0 spiro atoms. The fraction of sp³-hybridized carbons (Fsp3) is 0.706. The van der Waals surface area contributed by atoms with Gasteiger partial charge in [-0.2, -0.15) is 0 Å². The highest BCUT2D eigenvalue weighted by Gasteiger charge is 2.52. The van der Waals surface area contributed by atoms with E-state index in [1.807, 2.05) is 27.7 Å². The number of esters is 1. The maximum atomic E-state index is 11.4. The number of carbonyl (C=O) groups excluding carboxylic acids is 1. The number of rotatable bonds is 4. The first kappa shape index (κ1) is 18.1. The molecule has 0 saturated carbocycles. The van der Waals surface area contributed by atoms with Crippen molar-refractivity contribution in [2.24, 2.45) is 5.92 Å². The molecule has 0 N–H and O–H groups in total. The molecule has 1 aromatic heterocycles. The zero-order valence-corrected chi connectivity index (χ0v) is 15.6. The lowest BCUT2D eigenvalue weighted by Gasteiger charge is -2.32. The minimum atomic E-state index is -0.454. The molecule has 0 radical (unpaired) electrons. The number of aromatic nitrogens is 2. The summed E-state index contributed by atoms with van der Waals surface area (Å²) in [5.41, 5.74) is 0.0476. The van der Waals surface area contributed by atoms with Crippen molar-refractivity contribution in [2.75, 3.05) is 25.1 Å². The van der Waals surface area contributed by atoms with Crippen molar-refractivity contribution >= 4 is 24.5 Å². The lowest BCUT2D eigenvalue weighted by atomic mass is 9.81. The first-order valence-corrected chi connectivity index (χ1v) is 8.71. The van der Waals surface area contributed by atoms with Crippen molar-refractivity contribution < 1.29 is 18.8 Å². The molecule has 0 aliphatic carbocycles. The van der Waals surface area contributed by atoms with Gasteiger partial charge in [-0.15, -0.1) is 0 Å². The normalized spacial score (nSPS) is 24.6. The van der Waals surface area contributed by atoms with Crippen LogP contribution in [0.25, 0.3) is 0 Å². The van der Waals surface area contributed by atoms with Gasteiger partial charge in [0.15, 0.2) is 0 Å². The first-order valence-electron chi connectivity index (χ1n) is 8.71. The van der Waals surface area contributed by atoms with Crippen molar-refractivity contribution in [2.45, 2.75) is 51.7 Å². The summed E-state index contributed by atoms with van der Waals surface area (Å²) in [6.45, 7) is 9.70. The number of anilines is 1. The second kappa shape index (κ2) is 6.57. The third kappa shape index (κ3) is 3.65. The second-order valence-electron chi connectivity index (χ2n) is 7.79. The maximum Gasteiger partial charge on any atom is 0.498 e. The summed E-state index contributed by atoms with van der Waals surface area (Å²) in [5.74, 6) is 0.801. The summed E-state index contributed by atoms with van der Waals surface area (Å²) in [6, 6.07) is 0. The lowest BCUT2D eigenvalue weighted by Crippen LogP contribution is -2.41. The second-order valence-corrected chi connectivity index (χ2v) is 7.79. The monoisotopic (exact) mass is 347 g/mol. The van der Waals surface area contributed by atoms with Gasteiger partial charge in [0.25, 0.3) is 0 Å². The van der Waals surface area contributed by atoms with E-state index in [-0.39, 0.29) is 17.2 Å². The molecule has 2 aliphatic heterocycles. The van der Waals surface area contributed by atoms with E-state index in [0.717, 1.165) is 25.0 Å². The highest BCUT2D eigenvalue weighted by Crippen LogP contribution is 2.36. The number of carbonyl (C=O) groups is 1. The van der Waals surface area contributed by atoms with Crippen LogP contribution in [-0.4, -0.2) is 54.5 Å². The van der Waals surface area contributed by atoms with Gasteiger partial charge in [0.05, 0.1) is 24.7 Å². The summed E-state index contributed by atoms with van der Waals surface area (Å²) in [5, 5.41) is 0. The van der Waals surface area contributed by atoms with E-state index in [1.165, 1.54) is 7.11 Å². The smallest absolute Gasteiger partial charge is 0.469 e. The molecule has 0 aromatic carbocycles. The summed E-state index contributed by atoms with van der Waals surface area (Å²) in [4.78, 5) is 22.5. The standard InChI is InChI=1S/C17H26BN3O4/c1-16(2)17(3,4)25-18(24-16)13-9-19-15(20-10-13)21-7-6-12(11-21)8-14(22)23-5/h9-10,12H,6-8,11H2,1-5H3/t12-/m0/s1. The molecule has 2 fully saturated rings. The zero-order valence-electron chi connectivity index (χ0n) is 15.6. The van der Waals surface area contributed by atoms with Crippen molar-refractivity contribution in [3.05, 3.63) is 12.4 Å². The summed E-state index contributed by atoms with van der Waals surface area (Å²) in [7, 11) is 0.969. The molecule has 0 unspecified atom stereocenters. The predicted octanol–water partition coefficient (Wildman–Crippen LogP) is 1.17. The molecule has 0 bridgehead atoms. The Morgan fingerprint density at radius 1 is 1.28 bits per heavy atom. The Morgan fingerprint density at radius 3 is 2.44 bits per heavy atom. The molecule has 3 rings (SSSR count). The molecule has 2 saturated heterocycles. The van der Waals surface area contributed by atoms with Gasteiger partial charge in [-0.3, -0.25) is 4.79 Å². The molecule has 1 aromatic rings. The average molecular weight is 347 g/mol. The first-order chi connectivity index (χ1) is 11.7. The van der Waals surface area contributed by atoms with Crippen molar-refractivity contribution in [3.63, 3.8) is 0 Å². The van der Waals surface area contributed by atoms with Crippen molar-refractivity contribution in [1.29, 1.82) is 0 Å². The summed E-state index contributed by atoms with van der Waals surface area (Å²) in [6.07, 6.45) is 4.91. The predicted molar refractivity (Wildman–Crippen MR) is 94.7 cm³/mol. The van der Waals surface area contributed by atoms with Crippen LogP contribution in [-0.2, 0) is 18.8 Å². The van der Waals surface area contributed by atoms with Crippen LogP contribution in [0.1, 0.15) is 40.5 Å². The Hall–Kier alpha value is -1.67. The van der Waals surface area contributed by atoms with E-state index in [9.17, 15) is 4.79 Å². The molecule has 1 atom stereocenters. The number of ether oxygens (including phenoxy) is 1.